The number of likely N-dealkylation sites (N-methyl/N-ethyl adjacent to an activating group) is 1. The van der Waals surface area contributed by atoms with Crippen LogP contribution in [0.5, 0.6) is 11.5 Å². The van der Waals surface area contributed by atoms with Crippen molar-refractivity contribution in [2.75, 3.05) is 13.3 Å². The Morgan fingerprint density at radius 1 is 1.35 bits per heavy atom. The van der Waals surface area contributed by atoms with Gasteiger partial charge in [-0.25, -0.2) is 0 Å². The molecule has 0 aromatic heterocycles. The molecule has 0 saturated carbocycles. The molecule has 1 aromatic rings. The Morgan fingerprint density at radius 3 is 2.70 bits per heavy atom. The highest BCUT2D eigenvalue weighted by molar-refractivity contribution is 9.10. The van der Waals surface area contributed by atoms with E-state index in [9.17, 15) is 9.59 Å². The Hall–Kier alpha value is -1.47. The molecule has 0 bridgehead atoms. The van der Waals surface area contributed by atoms with E-state index in [2.05, 4.69) is 15.9 Å². The predicted octanol–water partition coefficient (Wildman–Crippen LogP) is 3.23. The lowest BCUT2D eigenvalue weighted by Gasteiger charge is -2.07. The standard InChI is InChI=1S/C13H10BrNO4S/c1-2-15-12(16)11(20-13(15)17)4-7-3-9-10(5-8(7)14)19-6-18-9/h3-5H,2,6H2,1H3/b11-4-. The first kappa shape index (κ1) is 13.5. The third-order valence-corrected chi connectivity index (χ3v) is 4.56. The number of halogens is 1. The number of thioether (sulfide) groups is 1. The van der Waals surface area contributed by atoms with Crippen LogP contribution in [0.4, 0.5) is 4.79 Å². The van der Waals surface area contributed by atoms with Gasteiger partial charge in [0.05, 0.1) is 4.91 Å². The molecule has 5 nitrogen and oxygen atoms in total. The van der Waals surface area contributed by atoms with Gasteiger partial charge in [-0.15, -0.1) is 0 Å². The number of carbonyl (C=O) groups is 2. The van der Waals surface area contributed by atoms with Crippen LogP contribution >= 0.6 is 27.7 Å². The third kappa shape index (κ3) is 2.20. The number of carbonyl (C=O) groups excluding carboxylic acids is 2. The van der Waals surface area contributed by atoms with Crippen molar-refractivity contribution in [3.63, 3.8) is 0 Å². The minimum Gasteiger partial charge on any atom is -0.454 e. The summed E-state index contributed by atoms with van der Waals surface area (Å²) in [6, 6.07) is 3.57. The van der Waals surface area contributed by atoms with Crippen molar-refractivity contribution in [1.82, 2.24) is 4.90 Å². The first-order valence-corrected chi connectivity index (χ1v) is 7.55. The molecule has 2 aliphatic heterocycles. The number of hydrogen-bond acceptors (Lipinski definition) is 5. The number of benzene rings is 1. The van der Waals surface area contributed by atoms with Crippen LogP contribution in [0.25, 0.3) is 6.08 Å². The Balaban J connectivity index is 1.97. The molecule has 2 amide bonds. The number of hydrogen-bond donors (Lipinski definition) is 0. The molecule has 0 spiro atoms. The summed E-state index contributed by atoms with van der Waals surface area (Å²) < 4.78 is 11.4. The zero-order valence-corrected chi connectivity index (χ0v) is 12.9. The SMILES string of the molecule is CCN1C(=O)S/C(=C\c2cc3c(cc2Br)OCO3)C1=O. The molecule has 7 heteroatoms. The van der Waals surface area contributed by atoms with Crippen molar-refractivity contribution in [2.24, 2.45) is 0 Å². The third-order valence-electron chi connectivity index (χ3n) is 2.97. The van der Waals surface area contributed by atoms with Crippen molar-refractivity contribution in [1.29, 1.82) is 0 Å². The molecular weight excluding hydrogens is 346 g/mol. The lowest BCUT2D eigenvalue weighted by Crippen LogP contribution is -2.27. The summed E-state index contributed by atoms with van der Waals surface area (Å²) in [7, 11) is 0. The van der Waals surface area contributed by atoms with E-state index in [0.717, 1.165) is 21.8 Å². The lowest BCUT2D eigenvalue weighted by molar-refractivity contribution is -0.122. The maximum atomic E-state index is 12.0. The van der Waals surface area contributed by atoms with Gasteiger partial charge in [-0.3, -0.25) is 14.5 Å². The van der Waals surface area contributed by atoms with E-state index in [0.29, 0.717) is 22.9 Å². The average molecular weight is 356 g/mol. The molecule has 0 unspecified atom stereocenters. The van der Waals surface area contributed by atoms with Gasteiger partial charge in [-0.05, 0) is 42.5 Å². The second-order valence-corrected chi connectivity index (χ2v) is 6.00. The van der Waals surface area contributed by atoms with E-state index in [1.807, 2.05) is 0 Å². The van der Waals surface area contributed by atoms with Crippen LogP contribution in [0.2, 0.25) is 0 Å². The summed E-state index contributed by atoms with van der Waals surface area (Å²) >= 11 is 4.37. The Bertz CT molecular complexity index is 644. The van der Waals surface area contributed by atoms with Gasteiger partial charge in [0.1, 0.15) is 0 Å². The van der Waals surface area contributed by atoms with Crippen molar-refractivity contribution in [3.8, 4) is 11.5 Å². The quantitative estimate of drug-likeness (QED) is 0.762. The van der Waals surface area contributed by atoms with Gasteiger partial charge in [-0.1, -0.05) is 15.9 Å². The highest BCUT2D eigenvalue weighted by atomic mass is 79.9. The second kappa shape index (κ2) is 5.14. The van der Waals surface area contributed by atoms with E-state index < -0.39 is 0 Å². The maximum Gasteiger partial charge on any atom is 0.293 e. The zero-order chi connectivity index (χ0) is 14.3. The minimum absolute atomic E-state index is 0.192. The summed E-state index contributed by atoms with van der Waals surface area (Å²) in [5.74, 6) is 1.04. The van der Waals surface area contributed by atoms with Gasteiger partial charge in [0.15, 0.2) is 11.5 Å². The molecule has 1 saturated heterocycles. The van der Waals surface area contributed by atoms with Crippen LogP contribution in [0.3, 0.4) is 0 Å². The Kier molecular flexibility index (Phi) is 3.47. The largest absolute Gasteiger partial charge is 0.454 e. The second-order valence-electron chi connectivity index (χ2n) is 4.15. The van der Waals surface area contributed by atoms with Gasteiger partial charge in [-0.2, -0.15) is 0 Å². The zero-order valence-electron chi connectivity index (χ0n) is 10.5. The highest BCUT2D eigenvalue weighted by Crippen LogP contribution is 2.39. The number of nitrogens with zero attached hydrogens (tertiary/aromatic N) is 1. The fourth-order valence-corrected chi connectivity index (χ4v) is 3.29. The molecule has 104 valence electrons. The normalized spacial score (nSPS) is 19.3. The molecule has 2 heterocycles. The molecule has 20 heavy (non-hydrogen) atoms. The first-order chi connectivity index (χ1) is 9.60. The van der Waals surface area contributed by atoms with Crippen LogP contribution in [0, 0.1) is 0 Å². The monoisotopic (exact) mass is 355 g/mol. The van der Waals surface area contributed by atoms with E-state index >= 15 is 0 Å². The summed E-state index contributed by atoms with van der Waals surface area (Å²) in [5, 5.41) is -0.236. The number of fused-ring (bicyclic) bond motifs is 1. The molecule has 2 aliphatic rings. The first-order valence-electron chi connectivity index (χ1n) is 5.94. The molecule has 0 aliphatic carbocycles. The topological polar surface area (TPSA) is 55.8 Å². The highest BCUT2D eigenvalue weighted by Gasteiger charge is 2.33. The summed E-state index contributed by atoms with van der Waals surface area (Å²) in [6.07, 6.45) is 1.69. The van der Waals surface area contributed by atoms with Crippen LogP contribution in [0.15, 0.2) is 21.5 Å². The summed E-state index contributed by atoms with van der Waals surface area (Å²) in [5.41, 5.74) is 0.774. The molecule has 0 radical (unpaired) electrons. The molecule has 1 fully saturated rings. The number of imide groups is 1. The Labute approximate surface area is 128 Å². The molecular formula is C13H10BrNO4S. The van der Waals surface area contributed by atoms with Gasteiger partial charge in [0, 0.05) is 11.0 Å². The molecule has 0 N–H and O–H groups in total. The number of rotatable bonds is 2. The average Bonchev–Trinajstić information content (AvgIpc) is 2.95. The van der Waals surface area contributed by atoms with Crippen LogP contribution in [0.1, 0.15) is 12.5 Å². The van der Waals surface area contributed by atoms with Crippen LogP contribution < -0.4 is 9.47 Å². The smallest absolute Gasteiger partial charge is 0.293 e. The molecule has 1 aromatic carbocycles. The van der Waals surface area contributed by atoms with Gasteiger partial charge >= 0.3 is 0 Å². The summed E-state index contributed by atoms with van der Waals surface area (Å²) in [6.45, 7) is 2.34. The van der Waals surface area contributed by atoms with Gasteiger partial charge in [0.25, 0.3) is 11.1 Å². The fourth-order valence-electron chi connectivity index (χ4n) is 1.96. The fraction of sp³-hybridized carbons (Fsp3) is 0.231. The van der Waals surface area contributed by atoms with Crippen molar-refractivity contribution < 1.29 is 19.1 Å². The van der Waals surface area contributed by atoms with Crippen molar-refractivity contribution >= 4 is 44.9 Å². The van der Waals surface area contributed by atoms with Crippen molar-refractivity contribution in [3.05, 3.63) is 27.1 Å². The van der Waals surface area contributed by atoms with Gasteiger partial charge in [0.2, 0.25) is 6.79 Å². The minimum atomic E-state index is -0.257. The summed E-state index contributed by atoms with van der Waals surface area (Å²) in [4.78, 5) is 25.3. The predicted molar refractivity (Wildman–Crippen MR) is 78.6 cm³/mol. The Morgan fingerprint density at radius 2 is 2.05 bits per heavy atom. The number of amides is 2. The lowest BCUT2D eigenvalue weighted by atomic mass is 10.2. The number of ether oxygens (including phenoxy) is 2. The van der Waals surface area contributed by atoms with E-state index in [-0.39, 0.29) is 17.9 Å². The van der Waals surface area contributed by atoms with E-state index in [4.69, 9.17) is 9.47 Å². The van der Waals surface area contributed by atoms with E-state index in [1.54, 1.807) is 25.1 Å². The van der Waals surface area contributed by atoms with Crippen molar-refractivity contribution in [2.45, 2.75) is 6.92 Å². The van der Waals surface area contributed by atoms with Crippen LogP contribution in [-0.2, 0) is 4.79 Å². The van der Waals surface area contributed by atoms with E-state index in [1.165, 1.54) is 4.90 Å². The molecule has 0 atom stereocenters. The maximum absolute atomic E-state index is 12.0. The van der Waals surface area contributed by atoms with Gasteiger partial charge < -0.3 is 9.47 Å². The van der Waals surface area contributed by atoms with Crippen LogP contribution in [-0.4, -0.2) is 29.4 Å². The molecule has 3 rings (SSSR count).